The number of aliphatic imine (C=N–C) groups is 1. The monoisotopic (exact) mass is 470 g/mol. The molecule has 1 amide bonds. The first-order chi connectivity index (χ1) is 11.6. The zero-order valence-corrected chi connectivity index (χ0v) is 18.5. The summed E-state index contributed by atoms with van der Waals surface area (Å²) in [7, 11) is 3.50. The summed E-state index contributed by atoms with van der Waals surface area (Å²) < 4.78 is 10.9. The van der Waals surface area contributed by atoms with E-state index in [4.69, 9.17) is 9.47 Å². The second-order valence-electron chi connectivity index (χ2n) is 6.17. The number of amides is 1. The van der Waals surface area contributed by atoms with E-state index in [1.807, 2.05) is 13.8 Å². The number of hydrogen-bond acceptors (Lipinski definition) is 4. The van der Waals surface area contributed by atoms with Crippen molar-refractivity contribution in [2.45, 2.75) is 26.7 Å². The second-order valence-corrected chi connectivity index (χ2v) is 6.17. The third-order valence-corrected chi connectivity index (χ3v) is 3.96. The Morgan fingerprint density at radius 3 is 2.64 bits per heavy atom. The molecule has 1 saturated heterocycles. The van der Waals surface area contributed by atoms with Crippen molar-refractivity contribution in [2.75, 3.05) is 66.7 Å². The molecule has 0 aromatic carbocycles. The average Bonchev–Trinajstić information content (AvgIpc) is 3.03. The summed E-state index contributed by atoms with van der Waals surface area (Å²) in [6.07, 6.45) is 2.02. The fourth-order valence-corrected chi connectivity index (χ4v) is 2.52. The Labute approximate surface area is 169 Å². The molecular formula is C17H35IN4O3. The lowest BCUT2D eigenvalue weighted by atomic mass is 10.1. The predicted molar refractivity (Wildman–Crippen MR) is 112 cm³/mol. The highest BCUT2D eigenvalue weighted by Crippen LogP contribution is 2.16. The molecule has 1 unspecified atom stereocenters. The van der Waals surface area contributed by atoms with E-state index in [9.17, 15) is 4.79 Å². The summed E-state index contributed by atoms with van der Waals surface area (Å²) in [6.45, 7) is 9.88. The number of nitrogens with one attached hydrogen (secondary N) is 1. The Morgan fingerprint density at radius 1 is 1.28 bits per heavy atom. The first-order valence-electron chi connectivity index (χ1n) is 8.97. The van der Waals surface area contributed by atoms with E-state index in [1.54, 1.807) is 19.0 Å². The molecule has 25 heavy (non-hydrogen) atoms. The maximum Gasteiger partial charge on any atom is 0.243 e. The molecule has 0 aromatic heterocycles. The Balaban J connectivity index is 0.00000576. The van der Waals surface area contributed by atoms with Gasteiger partial charge in [-0.2, -0.15) is 0 Å². The molecule has 1 rings (SSSR count). The number of guanidine groups is 1. The minimum Gasteiger partial charge on any atom is -0.382 e. The topological polar surface area (TPSA) is 66.4 Å². The molecule has 0 aliphatic carbocycles. The van der Waals surface area contributed by atoms with Gasteiger partial charge in [0.2, 0.25) is 5.91 Å². The average molecular weight is 470 g/mol. The molecule has 1 atom stereocenters. The Morgan fingerprint density at radius 2 is 2.00 bits per heavy atom. The Kier molecular flexibility index (Phi) is 14.2. The Bertz CT molecular complexity index is 394. The molecule has 1 N–H and O–H groups in total. The van der Waals surface area contributed by atoms with Gasteiger partial charge in [-0.05, 0) is 26.7 Å². The van der Waals surface area contributed by atoms with Gasteiger partial charge in [0, 0.05) is 59.5 Å². The molecule has 8 heteroatoms. The van der Waals surface area contributed by atoms with Crippen LogP contribution in [0.3, 0.4) is 0 Å². The normalized spacial score (nSPS) is 17.4. The number of carbonyl (C=O) groups excluding carboxylic acids is 1. The van der Waals surface area contributed by atoms with Crippen LogP contribution >= 0.6 is 24.0 Å². The molecule has 0 aromatic rings. The van der Waals surface area contributed by atoms with Crippen molar-refractivity contribution in [3.05, 3.63) is 0 Å². The molecule has 0 spiro atoms. The van der Waals surface area contributed by atoms with Gasteiger partial charge >= 0.3 is 0 Å². The van der Waals surface area contributed by atoms with Crippen molar-refractivity contribution in [2.24, 2.45) is 10.9 Å². The molecule has 0 saturated carbocycles. The minimum absolute atomic E-state index is 0. The van der Waals surface area contributed by atoms with Crippen LogP contribution in [0.4, 0.5) is 0 Å². The fraction of sp³-hybridized carbons (Fsp3) is 0.882. The van der Waals surface area contributed by atoms with Crippen LogP contribution in [0.1, 0.15) is 26.7 Å². The fourth-order valence-electron chi connectivity index (χ4n) is 2.52. The van der Waals surface area contributed by atoms with Gasteiger partial charge in [-0.3, -0.25) is 4.79 Å². The van der Waals surface area contributed by atoms with Gasteiger partial charge in [0.05, 0.1) is 6.61 Å². The summed E-state index contributed by atoms with van der Waals surface area (Å²) in [5, 5.41) is 3.38. The molecule has 0 bridgehead atoms. The van der Waals surface area contributed by atoms with Crippen molar-refractivity contribution >= 4 is 35.8 Å². The van der Waals surface area contributed by atoms with Gasteiger partial charge in [-0.25, -0.2) is 4.99 Å². The van der Waals surface area contributed by atoms with Gasteiger partial charge in [-0.1, -0.05) is 0 Å². The van der Waals surface area contributed by atoms with E-state index in [-0.39, 0.29) is 36.4 Å². The van der Waals surface area contributed by atoms with Crippen molar-refractivity contribution in [3.63, 3.8) is 0 Å². The van der Waals surface area contributed by atoms with E-state index < -0.39 is 0 Å². The third kappa shape index (κ3) is 10.2. The lowest BCUT2D eigenvalue weighted by molar-refractivity contribution is -0.127. The summed E-state index contributed by atoms with van der Waals surface area (Å²) >= 11 is 0. The molecule has 148 valence electrons. The highest BCUT2D eigenvalue weighted by molar-refractivity contribution is 14.0. The van der Waals surface area contributed by atoms with Crippen LogP contribution in [0.5, 0.6) is 0 Å². The van der Waals surface area contributed by atoms with Crippen molar-refractivity contribution in [1.82, 2.24) is 15.1 Å². The number of ether oxygens (including phenoxy) is 2. The second kappa shape index (κ2) is 14.5. The Hall–Kier alpha value is -0.610. The number of carbonyl (C=O) groups is 1. The number of nitrogens with zero attached hydrogens (tertiary/aromatic N) is 3. The standard InChI is InChI=1S/C17H34N4O3.HI/c1-5-23-11-7-9-18-17(19-12-16(22)20(3)4)21-10-8-15(13-21)14-24-6-2;/h15H,5-14H2,1-4H3,(H,18,19);1H. The molecule has 7 nitrogen and oxygen atoms in total. The van der Waals surface area contributed by atoms with Gasteiger partial charge in [-0.15, -0.1) is 24.0 Å². The molecular weight excluding hydrogens is 435 g/mol. The van der Waals surface area contributed by atoms with Crippen LogP contribution in [0.25, 0.3) is 0 Å². The quantitative estimate of drug-likeness (QED) is 0.227. The smallest absolute Gasteiger partial charge is 0.243 e. The SMILES string of the molecule is CCOCCCNC(=NCC(=O)N(C)C)N1CCC(COCC)C1.I. The van der Waals surface area contributed by atoms with E-state index in [0.717, 1.165) is 64.9 Å². The number of hydrogen-bond donors (Lipinski definition) is 1. The largest absolute Gasteiger partial charge is 0.382 e. The maximum atomic E-state index is 11.8. The molecule has 1 aliphatic rings. The van der Waals surface area contributed by atoms with Crippen LogP contribution in [0, 0.1) is 5.92 Å². The molecule has 1 aliphatic heterocycles. The summed E-state index contributed by atoms with van der Waals surface area (Å²) in [5.41, 5.74) is 0. The third-order valence-electron chi connectivity index (χ3n) is 3.96. The first kappa shape index (κ1) is 24.4. The zero-order chi connectivity index (χ0) is 17.8. The number of likely N-dealkylation sites (tertiary alicyclic amines) is 1. The van der Waals surface area contributed by atoms with E-state index in [1.165, 1.54) is 0 Å². The van der Waals surface area contributed by atoms with E-state index in [0.29, 0.717) is 5.92 Å². The minimum atomic E-state index is 0. The number of rotatable bonds is 10. The number of likely N-dealkylation sites (N-methyl/N-ethyl adjacent to an activating group) is 1. The number of halogens is 1. The lowest BCUT2D eigenvalue weighted by Crippen LogP contribution is -2.41. The first-order valence-corrected chi connectivity index (χ1v) is 8.97. The summed E-state index contributed by atoms with van der Waals surface area (Å²) in [6, 6.07) is 0. The van der Waals surface area contributed by atoms with Gasteiger partial charge < -0.3 is 24.6 Å². The van der Waals surface area contributed by atoms with Crippen LogP contribution in [-0.4, -0.2) is 88.4 Å². The van der Waals surface area contributed by atoms with Gasteiger partial charge in [0.1, 0.15) is 6.54 Å². The predicted octanol–water partition coefficient (Wildman–Crippen LogP) is 1.42. The molecule has 1 heterocycles. The van der Waals surface area contributed by atoms with Gasteiger partial charge in [0.15, 0.2) is 5.96 Å². The summed E-state index contributed by atoms with van der Waals surface area (Å²) in [5.74, 6) is 1.36. The van der Waals surface area contributed by atoms with Crippen molar-refractivity contribution < 1.29 is 14.3 Å². The van der Waals surface area contributed by atoms with Crippen LogP contribution < -0.4 is 5.32 Å². The molecule has 1 fully saturated rings. The van der Waals surface area contributed by atoms with Crippen molar-refractivity contribution in [3.8, 4) is 0 Å². The van der Waals surface area contributed by atoms with Crippen molar-refractivity contribution in [1.29, 1.82) is 0 Å². The van der Waals surface area contributed by atoms with E-state index in [2.05, 4.69) is 15.2 Å². The van der Waals surface area contributed by atoms with E-state index >= 15 is 0 Å². The zero-order valence-electron chi connectivity index (χ0n) is 16.1. The summed E-state index contributed by atoms with van der Waals surface area (Å²) in [4.78, 5) is 20.1. The van der Waals surface area contributed by atoms with Crippen LogP contribution in [-0.2, 0) is 14.3 Å². The molecule has 0 radical (unpaired) electrons. The van der Waals surface area contributed by atoms with Crippen LogP contribution in [0.2, 0.25) is 0 Å². The highest BCUT2D eigenvalue weighted by atomic mass is 127. The lowest BCUT2D eigenvalue weighted by Gasteiger charge is -2.22. The highest BCUT2D eigenvalue weighted by Gasteiger charge is 2.25. The van der Waals surface area contributed by atoms with Crippen LogP contribution in [0.15, 0.2) is 4.99 Å². The maximum absolute atomic E-state index is 11.8. The van der Waals surface area contributed by atoms with Gasteiger partial charge in [0.25, 0.3) is 0 Å².